The Morgan fingerprint density at radius 2 is 1.63 bits per heavy atom. The van der Waals surface area contributed by atoms with Gasteiger partial charge in [-0.05, 0) is 30.7 Å². The second-order valence-corrected chi connectivity index (χ2v) is 9.29. The summed E-state index contributed by atoms with van der Waals surface area (Å²) in [5.41, 5.74) is 1.88. The summed E-state index contributed by atoms with van der Waals surface area (Å²) in [6, 6.07) is 16.5. The highest BCUT2D eigenvalue weighted by Crippen LogP contribution is 2.27. The normalized spacial score (nSPS) is 11.1. The number of nitrogens with zero attached hydrogens (tertiary/aromatic N) is 3. The SMILES string of the molecule is CCCN(CC(=O)Nc1cc(C(C)(C)C)nn1-c1ccccc1)C(=O)c1cc(OC)cc(OC)c1. The molecule has 8 nitrogen and oxygen atoms in total. The van der Waals surface area contributed by atoms with Gasteiger partial charge in [0.25, 0.3) is 5.91 Å². The van der Waals surface area contributed by atoms with Gasteiger partial charge in [0.15, 0.2) is 0 Å². The average molecular weight is 479 g/mol. The second kappa shape index (κ2) is 11.1. The fraction of sp³-hybridized carbons (Fsp3) is 0.370. The zero-order valence-electron chi connectivity index (χ0n) is 21.3. The van der Waals surface area contributed by atoms with E-state index < -0.39 is 0 Å². The van der Waals surface area contributed by atoms with Crippen LogP contribution in [0.4, 0.5) is 5.82 Å². The van der Waals surface area contributed by atoms with Gasteiger partial charge in [-0.3, -0.25) is 9.59 Å². The number of hydrogen-bond acceptors (Lipinski definition) is 5. The summed E-state index contributed by atoms with van der Waals surface area (Å²) in [6.45, 7) is 8.50. The number of methoxy groups -OCH3 is 2. The van der Waals surface area contributed by atoms with Crippen molar-refractivity contribution in [1.82, 2.24) is 14.7 Å². The lowest BCUT2D eigenvalue weighted by Gasteiger charge is -2.22. The van der Waals surface area contributed by atoms with Crippen molar-refractivity contribution in [2.24, 2.45) is 0 Å². The lowest BCUT2D eigenvalue weighted by Crippen LogP contribution is -2.38. The van der Waals surface area contributed by atoms with Crippen LogP contribution in [0, 0.1) is 0 Å². The van der Waals surface area contributed by atoms with Crippen LogP contribution in [-0.4, -0.2) is 53.8 Å². The molecule has 0 aliphatic heterocycles. The number of anilines is 1. The Morgan fingerprint density at radius 1 is 1.00 bits per heavy atom. The third kappa shape index (κ3) is 6.41. The number of rotatable bonds is 9. The molecule has 0 saturated heterocycles. The first-order valence-corrected chi connectivity index (χ1v) is 11.6. The molecule has 0 spiro atoms. The van der Waals surface area contributed by atoms with E-state index >= 15 is 0 Å². The lowest BCUT2D eigenvalue weighted by molar-refractivity contribution is -0.116. The van der Waals surface area contributed by atoms with Crippen LogP contribution in [0.25, 0.3) is 5.69 Å². The molecule has 1 N–H and O–H groups in total. The minimum atomic E-state index is -0.306. The molecule has 0 atom stereocenters. The van der Waals surface area contributed by atoms with E-state index in [0.717, 1.165) is 11.4 Å². The molecule has 0 bridgehead atoms. The van der Waals surface area contributed by atoms with Crippen LogP contribution in [-0.2, 0) is 10.2 Å². The van der Waals surface area contributed by atoms with E-state index in [0.29, 0.717) is 35.8 Å². The van der Waals surface area contributed by atoms with E-state index in [2.05, 4.69) is 26.1 Å². The predicted molar refractivity (Wildman–Crippen MR) is 137 cm³/mol. The molecule has 0 unspecified atom stereocenters. The van der Waals surface area contributed by atoms with Crippen molar-refractivity contribution in [3.8, 4) is 17.2 Å². The molecule has 0 radical (unpaired) electrons. The summed E-state index contributed by atoms with van der Waals surface area (Å²) in [5.74, 6) is 0.994. The molecular weight excluding hydrogens is 444 g/mol. The Hall–Kier alpha value is -3.81. The summed E-state index contributed by atoms with van der Waals surface area (Å²) in [7, 11) is 3.06. The summed E-state index contributed by atoms with van der Waals surface area (Å²) >= 11 is 0. The van der Waals surface area contributed by atoms with Gasteiger partial charge in [-0.2, -0.15) is 5.10 Å². The first-order chi connectivity index (χ1) is 16.7. The van der Waals surface area contributed by atoms with E-state index in [1.807, 2.05) is 43.3 Å². The van der Waals surface area contributed by atoms with E-state index in [-0.39, 0.29) is 23.8 Å². The van der Waals surface area contributed by atoms with Gasteiger partial charge in [0.2, 0.25) is 5.91 Å². The monoisotopic (exact) mass is 478 g/mol. The Bertz CT molecular complexity index is 1140. The minimum Gasteiger partial charge on any atom is -0.497 e. The molecule has 35 heavy (non-hydrogen) atoms. The first-order valence-electron chi connectivity index (χ1n) is 11.6. The molecule has 0 fully saturated rings. The van der Waals surface area contributed by atoms with Gasteiger partial charge in [0.05, 0.1) is 25.6 Å². The van der Waals surface area contributed by atoms with Gasteiger partial charge >= 0.3 is 0 Å². The van der Waals surface area contributed by atoms with Crippen molar-refractivity contribution in [1.29, 1.82) is 0 Å². The molecule has 3 rings (SSSR count). The number of nitrogens with one attached hydrogen (secondary N) is 1. The van der Waals surface area contributed by atoms with Crippen LogP contribution in [0.1, 0.15) is 50.2 Å². The quantitative estimate of drug-likeness (QED) is 0.483. The van der Waals surface area contributed by atoms with Crippen molar-refractivity contribution in [3.63, 3.8) is 0 Å². The minimum absolute atomic E-state index is 0.100. The van der Waals surface area contributed by atoms with Crippen LogP contribution in [0.15, 0.2) is 54.6 Å². The third-order valence-electron chi connectivity index (χ3n) is 5.46. The average Bonchev–Trinajstić information content (AvgIpc) is 3.27. The summed E-state index contributed by atoms with van der Waals surface area (Å²) in [6.07, 6.45) is 0.705. The highest BCUT2D eigenvalue weighted by atomic mass is 16.5. The van der Waals surface area contributed by atoms with E-state index in [4.69, 9.17) is 14.6 Å². The Kier molecular flexibility index (Phi) is 8.17. The van der Waals surface area contributed by atoms with Gasteiger partial charge < -0.3 is 19.7 Å². The molecule has 1 aromatic heterocycles. The molecule has 0 saturated carbocycles. The zero-order chi connectivity index (χ0) is 25.6. The maximum atomic E-state index is 13.3. The van der Waals surface area contributed by atoms with Crippen molar-refractivity contribution in [2.75, 3.05) is 32.6 Å². The maximum Gasteiger partial charge on any atom is 0.254 e. The summed E-state index contributed by atoms with van der Waals surface area (Å²) < 4.78 is 12.3. The molecule has 0 aliphatic rings. The molecule has 1 heterocycles. The van der Waals surface area contributed by atoms with Crippen LogP contribution in [0.2, 0.25) is 0 Å². The second-order valence-electron chi connectivity index (χ2n) is 9.29. The molecule has 0 aliphatic carbocycles. The van der Waals surface area contributed by atoms with Gasteiger partial charge in [-0.1, -0.05) is 45.9 Å². The smallest absolute Gasteiger partial charge is 0.254 e. The van der Waals surface area contributed by atoms with Gasteiger partial charge in [-0.15, -0.1) is 0 Å². The topological polar surface area (TPSA) is 85.7 Å². The molecule has 186 valence electrons. The molecule has 8 heteroatoms. The summed E-state index contributed by atoms with van der Waals surface area (Å²) in [4.78, 5) is 28.0. The number of para-hydroxylation sites is 1. The Morgan fingerprint density at radius 3 is 2.17 bits per heavy atom. The van der Waals surface area contributed by atoms with Gasteiger partial charge in [-0.25, -0.2) is 4.68 Å². The third-order valence-corrected chi connectivity index (χ3v) is 5.46. The van der Waals surface area contributed by atoms with Crippen molar-refractivity contribution in [3.05, 3.63) is 65.9 Å². The highest BCUT2D eigenvalue weighted by molar-refractivity contribution is 5.99. The number of ether oxygens (including phenoxy) is 2. The largest absolute Gasteiger partial charge is 0.497 e. The number of carbonyl (C=O) groups excluding carboxylic acids is 2. The number of benzene rings is 2. The molecule has 2 amide bonds. The molecule has 2 aromatic carbocycles. The number of carbonyl (C=O) groups is 2. The fourth-order valence-electron chi connectivity index (χ4n) is 3.59. The highest BCUT2D eigenvalue weighted by Gasteiger charge is 2.24. The number of aromatic nitrogens is 2. The Labute approximate surface area is 206 Å². The van der Waals surface area contributed by atoms with Crippen molar-refractivity contribution < 1.29 is 19.1 Å². The standard InChI is InChI=1S/C27H34N4O4/c1-7-13-30(26(33)19-14-21(34-5)16-22(15-19)35-6)18-25(32)28-24-17-23(27(2,3)4)29-31(24)20-11-9-8-10-12-20/h8-12,14-17H,7,13,18H2,1-6H3,(H,28,32). The van der Waals surface area contributed by atoms with Gasteiger partial charge in [0.1, 0.15) is 23.9 Å². The van der Waals surface area contributed by atoms with E-state index in [9.17, 15) is 9.59 Å². The number of amides is 2. The molecular formula is C27H34N4O4. The lowest BCUT2D eigenvalue weighted by atomic mass is 9.92. The van der Waals surface area contributed by atoms with Crippen LogP contribution < -0.4 is 14.8 Å². The fourth-order valence-corrected chi connectivity index (χ4v) is 3.59. The zero-order valence-corrected chi connectivity index (χ0v) is 21.3. The van der Waals surface area contributed by atoms with Crippen LogP contribution >= 0.6 is 0 Å². The maximum absolute atomic E-state index is 13.3. The van der Waals surface area contributed by atoms with Crippen molar-refractivity contribution >= 4 is 17.6 Å². The van der Waals surface area contributed by atoms with Crippen LogP contribution in [0.3, 0.4) is 0 Å². The van der Waals surface area contributed by atoms with Crippen LogP contribution in [0.5, 0.6) is 11.5 Å². The van der Waals surface area contributed by atoms with Crippen molar-refractivity contribution in [2.45, 2.75) is 39.5 Å². The Balaban J connectivity index is 1.85. The summed E-state index contributed by atoms with van der Waals surface area (Å²) in [5, 5.41) is 7.69. The first kappa shape index (κ1) is 25.8. The molecule has 3 aromatic rings. The van der Waals surface area contributed by atoms with E-state index in [1.54, 1.807) is 22.9 Å². The van der Waals surface area contributed by atoms with E-state index in [1.165, 1.54) is 19.1 Å². The van der Waals surface area contributed by atoms with Gasteiger partial charge in [0, 0.05) is 29.7 Å². The number of hydrogen-bond donors (Lipinski definition) is 1. The predicted octanol–water partition coefficient (Wildman–Crippen LogP) is 4.68.